The number of hydrogen-bond acceptors (Lipinski definition) is 3. The van der Waals surface area contributed by atoms with Crippen LogP contribution in [0.1, 0.15) is 27.9 Å². The van der Waals surface area contributed by atoms with Crippen molar-refractivity contribution in [2.45, 2.75) is 18.4 Å². The second-order valence-electron chi connectivity index (χ2n) is 8.73. The molecule has 6 rings (SSSR count). The quantitative estimate of drug-likeness (QED) is 0.351. The topological polar surface area (TPSA) is 82.3 Å². The summed E-state index contributed by atoms with van der Waals surface area (Å²) < 4.78 is 13.5. The molecule has 1 unspecified atom stereocenters. The zero-order valence-corrected chi connectivity index (χ0v) is 18.1. The minimum atomic E-state index is -1.12. The molecule has 1 aromatic heterocycles. The fraction of sp³-hybridized carbons (Fsp3) is 0.148. The monoisotopic (exact) mass is 453 g/mol. The van der Waals surface area contributed by atoms with Crippen molar-refractivity contribution in [3.63, 3.8) is 0 Å². The van der Waals surface area contributed by atoms with Gasteiger partial charge in [-0.15, -0.1) is 0 Å². The van der Waals surface area contributed by atoms with Crippen molar-refractivity contribution in [3.05, 3.63) is 95.3 Å². The molecule has 1 saturated heterocycles. The summed E-state index contributed by atoms with van der Waals surface area (Å²) in [5.74, 6) is -1.16. The Kier molecular flexibility index (Phi) is 4.42. The van der Waals surface area contributed by atoms with Crippen LogP contribution in [0.2, 0.25) is 0 Å². The number of ketones is 1. The maximum absolute atomic E-state index is 13.6. The number of aromatic nitrogens is 1. The summed E-state index contributed by atoms with van der Waals surface area (Å²) in [5, 5.41) is 3.54. The Labute approximate surface area is 194 Å². The summed E-state index contributed by atoms with van der Waals surface area (Å²) in [4.78, 5) is 44.3. The van der Waals surface area contributed by atoms with E-state index < -0.39 is 17.5 Å². The number of carbonyl (C=O) groups excluding carboxylic acids is 3. The third-order valence-corrected chi connectivity index (χ3v) is 6.84. The largest absolute Gasteiger partial charge is 0.354 e. The molecule has 2 heterocycles. The highest BCUT2D eigenvalue weighted by molar-refractivity contribution is 6.17. The molecule has 1 atom stereocenters. The van der Waals surface area contributed by atoms with Gasteiger partial charge in [-0.1, -0.05) is 42.5 Å². The van der Waals surface area contributed by atoms with Gasteiger partial charge in [0, 0.05) is 10.9 Å². The fourth-order valence-electron chi connectivity index (χ4n) is 5.22. The first-order chi connectivity index (χ1) is 16.5. The molecule has 0 saturated carbocycles. The van der Waals surface area contributed by atoms with Gasteiger partial charge in [0.05, 0.1) is 17.8 Å². The first-order valence-corrected chi connectivity index (χ1v) is 11.1. The van der Waals surface area contributed by atoms with Crippen molar-refractivity contribution in [2.75, 3.05) is 6.54 Å². The number of aromatic amines is 1. The number of halogens is 1. The number of hydrogen-bond donors (Lipinski definition) is 2. The molecule has 3 aromatic carbocycles. The first-order valence-electron chi connectivity index (χ1n) is 11.1. The number of rotatable bonds is 4. The molecule has 0 bridgehead atoms. The van der Waals surface area contributed by atoms with Crippen LogP contribution in [0.25, 0.3) is 22.2 Å². The number of para-hydroxylation sites is 1. The second-order valence-corrected chi connectivity index (χ2v) is 8.73. The summed E-state index contributed by atoms with van der Waals surface area (Å²) in [6, 6.07) is 20.2. The van der Waals surface area contributed by atoms with Gasteiger partial charge in [-0.3, -0.25) is 14.5 Å². The van der Waals surface area contributed by atoms with Crippen LogP contribution in [-0.4, -0.2) is 34.2 Å². The predicted octanol–water partition coefficient (Wildman–Crippen LogP) is 4.55. The van der Waals surface area contributed by atoms with Crippen LogP contribution in [0.15, 0.2) is 72.8 Å². The molecule has 1 aliphatic heterocycles. The lowest BCUT2D eigenvalue weighted by molar-refractivity contribution is -0.131. The van der Waals surface area contributed by atoms with Gasteiger partial charge in [-0.05, 0) is 59.9 Å². The molecule has 4 aromatic rings. The molecule has 3 amide bonds. The van der Waals surface area contributed by atoms with Gasteiger partial charge in [-0.25, -0.2) is 9.18 Å². The Hall–Kier alpha value is -4.26. The molecule has 168 valence electrons. The van der Waals surface area contributed by atoms with Crippen molar-refractivity contribution < 1.29 is 18.8 Å². The molecule has 2 aliphatic rings. The van der Waals surface area contributed by atoms with E-state index in [9.17, 15) is 18.8 Å². The van der Waals surface area contributed by atoms with E-state index in [4.69, 9.17) is 0 Å². The van der Waals surface area contributed by atoms with Gasteiger partial charge >= 0.3 is 6.03 Å². The number of nitrogens with one attached hydrogen (secondary N) is 2. The standard InChI is InChI=1S/C27H20FN3O3/c28-18-11-9-17(10-12-18)24-23(19-6-2-4-8-21(19)29-24)22(32)15-31-25(33)27(30-26(31)34)14-13-16-5-1-3-7-20(16)27/h1-12,29H,13-15H2,(H,30,34). The highest BCUT2D eigenvalue weighted by Gasteiger charge is 2.55. The van der Waals surface area contributed by atoms with Crippen LogP contribution < -0.4 is 5.32 Å². The number of imide groups is 1. The number of carbonyl (C=O) groups is 3. The first kappa shape index (κ1) is 20.4. The Bertz CT molecular complexity index is 1490. The summed E-state index contributed by atoms with van der Waals surface area (Å²) in [6.07, 6.45) is 1.15. The van der Waals surface area contributed by atoms with Gasteiger partial charge in [0.15, 0.2) is 5.78 Å². The molecule has 1 fully saturated rings. The SMILES string of the molecule is O=C(CN1C(=O)NC2(CCc3ccccc32)C1=O)c1c(-c2ccc(F)cc2)[nH]c2ccccc12. The lowest BCUT2D eigenvalue weighted by atomic mass is 9.91. The van der Waals surface area contributed by atoms with Crippen LogP contribution in [0.5, 0.6) is 0 Å². The van der Waals surface area contributed by atoms with E-state index in [1.807, 2.05) is 48.5 Å². The smallest absolute Gasteiger partial charge is 0.325 e. The summed E-state index contributed by atoms with van der Waals surface area (Å²) >= 11 is 0. The van der Waals surface area contributed by atoms with E-state index >= 15 is 0 Å². The highest BCUT2D eigenvalue weighted by atomic mass is 19.1. The van der Waals surface area contributed by atoms with Crippen molar-refractivity contribution in [3.8, 4) is 11.3 Å². The lowest BCUT2D eigenvalue weighted by Gasteiger charge is -2.22. The zero-order valence-electron chi connectivity index (χ0n) is 18.1. The highest BCUT2D eigenvalue weighted by Crippen LogP contribution is 2.41. The summed E-state index contributed by atoms with van der Waals surface area (Å²) in [7, 11) is 0. The summed E-state index contributed by atoms with van der Waals surface area (Å²) in [5.41, 5.74) is 2.98. The third kappa shape index (κ3) is 2.90. The van der Waals surface area contributed by atoms with E-state index in [1.54, 1.807) is 12.1 Å². The van der Waals surface area contributed by atoms with Crippen LogP contribution >= 0.6 is 0 Å². The Morgan fingerprint density at radius 2 is 1.71 bits per heavy atom. The van der Waals surface area contributed by atoms with Crippen molar-refractivity contribution in [2.24, 2.45) is 0 Å². The molecule has 0 radical (unpaired) electrons. The minimum absolute atomic E-state index is 0.371. The number of H-pyrrole nitrogens is 1. The number of Topliss-reactive ketones (excluding diaryl/α,β-unsaturated/α-hetero) is 1. The molecule has 6 nitrogen and oxygen atoms in total. The van der Waals surface area contributed by atoms with Gasteiger partial charge in [-0.2, -0.15) is 0 Å². The van der Waals surface area contributed by atoms with E-state index in [2.05, 4.69) is 10.3 Å². The van der Waals surface area contributed by atoms with Crippen LogP contribution in [0.3, 0.4) is 0 Å². The number of benzene rings is 3. The van der Waals surface area contributed by atoms with Gasteiger partial charge in [0.2, 0.25) is 0 Å². The van der Waals surface area contributed by atoms with Crippen molar-refractivity contribution in [1.29, 1.82) is 0 Å². The summed E-state index contributed by atoms with van der Waals surface area (Å²) in [6.45, 7) is -0.384. The molecular weight excluding hydrogens is 433 g/mol. The molecular formula is C27H20FN3O3. The van der Waals surface area contributed by atoms with Crippen LogP contribution in [-0.2, 0) is 16.8 Å². The number of amides is 3. The number of aryl methyl sites for hydroxylation is 1. The van der Waals surface area contributed by atoms with E-state index in [0.29, 0.717) is 35.0 Å². The van der Waals surface area contributed by atoms with E-state index in [0.717, 1.165) is 21.5 Å². The molecule has 1 spiro atoms. The maximum Gasteiger partial charge on any atom is 0.325 e. The Morgan fingerprint density at radius 1 is 0.971 bits per heavy atom. The Balaban J connectivity index is 1.38. The van der Waals surface area contributed by atoms with Crippen molar-refractivity contribution >= 4 is 28.6 Å². The van der Waals surface area contributed by atoms with Gasteiger partial charge in [0.25, 0.3) is 5.91 Å². The predicted molar refractivity (Wildman–Crippen MR) is 125 cm³/mol. The second kappa shape index (κ2) is 7.38. The minimum Gasteiger partial charge on any atom is -0.354 e. The van der Waals surface area contributed by atoms with Gasteiger partial charge in [0.1, 0.15) is 11.4 Å². The molecule has 34 heavy (non-hydrogen) atoms. The average Bonchev–Trinajstić information content (AvgIpc) is 3.48. The normalized spacial score (nSPS) is 19.1. The molecule has 7 heteroatoms. The lowest BCUT2D eigenvalue weighted by Crippen LogP contribution is -2.42. The maximum atomic E-state index is 13.6. The van der Waals surface area contributed by atoms with Crippen LogP contribution in [0, 0.1) is 5.82 Å². The third-order valence-electron chi connectivity index (χ3n) is 6.84. The van der Waals surface area contributed by atoms with E-state index in [-0.39, 0.29) is 18.1 Å². The average molecular weight is 453 g/mol. The number of fused-ring (bicyclic) bond motifs is 3. The zero-order chi connectivity index (χ0) is 23.4. The van der Waals surface area contributed by atoms with Crippen molar-refractivity contribution in [1.82, 2.24) is 15.2 Å². The van der Waals surface area contributed by atoms with E-state index in [1.165, 1.54) is 12.1 Å². The fourth-order valence-corrected chi connectivity index (χ4v) is 5.22. The van der Waals surface area contributed by atoms with Crippen LogP contribution in [0.4, 0.5) is 9.18 Å². The Morgan fingerprint density at radius 3 is 2.53 bits per heavy atom. The van der Waals surface area contributed by atoms with Gasteiger partial charge < -0.3 is 10.3 Å². The number of urea groups is 1. The number of nitrogens with zero attached hydrogens (tertiary/aromatic N) is 1. The molecule has 1 aliphatic carbocycles. The molecule has 2 N–H and O–H groups in total.